The lowest BCUT2D eigenvalue weighted by molar-refractivity contribution is 0.0217. The number of likely N-dealkylation sites (tertiary alicyclic amines) is 1. The Morgan fingerprint density at radius 2 is 2.04 bits per heavy atom. The quantitative estimate of drug-likeness (QED) is 0.741. The third-order valence-corrected chi connectivity index (χ3v) is 6.62. The van der Waals surface area contributed by atoms with Crippen LogP contribution in [0.25, 0.3) is 10.9 Å². The zero-order valence-electron chi connectivity index (χ0n) is 16.3. The van der Waals surface area contributed by atoms with Gasteiger partial charge in [-0.15, -0.1) is 0 Å². The van der Waals surface area contributed by atoms with Crippen molar-refractivity contribution in [2.75, 3.05) is 33.8 Å². The molecule has 0 saturated carbocycles. The normalized spacial score (nSPS) is 19.1. The van der Waals surface area contributed by atoms with Crippen LogP contribution in [0.2, 0.25) is 0 Å². The van der Waals surface area contributed by atoms with Crippen LogP contribution in [0.3, 0.4) is 0 Å². The lowest BCUT2D eigenvalue weighted by atomic mass is 9.78. The van der Waals surface area contributed by atoms with Gasteiger partial charge in [-0.2, -0.15) is 0 Å². The third kappa shape index (κ3) is 2.48. The Morgan fingerprint density at radius 1 is 1.21 bits per heavy atom. The second-order valence-corrected chi connectivity index (χ2v) is 7.86. The number of rotatable bonds is 2. The largest absolute Gasteiger partial charge is 0.497 e. The maximum atomic E-state index is 12.7. The number of benzene rings is 1. The first kappa shape index (κ1) is 17.4. The highest BCUT2D eigenvalue weighted by Gasteiger charge is 2.45. The van der Waals surface area contributed by atoms with Gasteiger partial charge in [0.15, 0.2) is 5.76 Å². The molecular weight excluding hydrogens is 354 g/mol. The number of methoxy groups -OCH3 is 1. The van der Waals surface area contributed by atoms with Crippen molar-refractivity contribution in [2.45, 2.75) is 24.8 Å². The van der Waals surface area contributed by atoms with Crippen molar-refractivity contribution < 1.29 is 13.9 Å². The predicted molar refractivity (Wildman–Crippen MR) is 107 cm³/mol. The van der Waals surface area contributed by atoms with Gasteiger partial charge in [-0.1, -0.05) is 0 Å². The van der Waals surface area contributed by atoms with E-state index in [1.54, 1.807) is 25.5 Å². The van der Waals surface area contributed by atoms with Crippen molar-refractivity contribution in [1.82, 2.24) is 14.8 Å². The van der Waals surface area contributed by atoms with Gasteiger partial charge in [-0.05, 0) is 62.2 Å². The molecule has 1 spiro atoms. The number of furan rings is 1. The summed E-state index contributed by atoms with van der Waals surface area (Å²) in [7, 11) is 3.92. The summed E-state index contributed by atoms with van der Waals surface area (Å²) >= 11 is 0. The number of likely N-dealkylation sites (N-methyl/N-ethyl adjacent to an activating group) is 1. The van der Waals surface area contributed by atoms with Crippen LogP contribution in [0.5, 0.6) is 5.75 Å². The van der Waals surface area contributed by atoms with E-state index >= 15 is 0 Å². The molecule has 1 fully saturated rings. The summed E-state index contributed by atoms with van der Waals surface area (Å²) < 4.78 is 10.7. The number of hydrogen-bond donors (Lipinski definition) is 1. The van der Waals surface area contributed by atoms with E-state index in [4.69, 9.17) is 9.15 Å². The second kappa shape index (κ2) is 6.41. The number of ether oxygens (including phenoxy) is 1. The van der Waals surface area contributed by atoms with E-state index in [2.05, 4.69) is 29.1 Å². The van der Waals surface area contributed by atoms with Crippen LogP contribution in [0.4, 0.5) is 0 Å². The summed E-state index contributed by atoms with van der Waals surface area (Å²) in [6.45, 7) is 2.47. The molecule has 5 rings (SSSR count). The molecule has 6 nitrogen and oxygen atoms in total. The number of amides is 1. The fourth-order valence-electron chi connectivity index (χ4n) is 4.96. The van der Waals surface area contributed by atoms with Gasteiger partial charge in [0.25, 0.3) is 5.91 Å². The summed E-state index contributed by atoms with van der Waals surface area (Å²) in [6.07, 6.45) is 4.40. The SMILES string of the molecule is COc1ccc2[nH]c3c(c2c1)CCN(C)C31CCN(C(=O)c2ccco2)CC1. The molecule has 0 atom stereocenters. The summed E-state index contributed by atoms with van der Waals surface area (Å²) in [5.74, 6) is 1.30. The molecule has 28 heavy (non-hydrogen) atoms. The van der Waals surface area contributed by atoms with Gasteiger partial charge in [0.2, 0.25) is 0 Å². The summed E-state index contributed by atoms with van der Waals surface area (Å²) in [5.41, 5.74) is 3.82. The summed E-state index contributed by atoms with van der Waals surface area (Å²) in [6, 6.07) is 9.75. The lowest BCUT2D eigenvalue weighted by Crippen LogP contribution is -2.55. The number of aromatic nitrogens is 1. The first-order chi connectivity index (χ1) is 13.6. The van der Waals surface area contributed by atoms with Crippen molar-refractivity contribution in [3.8, 4) is 5.75 Å². The number of piperidine rings is 1. The lowest BCUT2D eigenvalue weighted by Gasteiger charge is -2.49. The first-order valence-electron chi connectivity index (χ1n) is 9.85. The van der Waals surface area contributed by atoms with E-state index in [1.165, 1.54) is 16.6 Å². The maximum absolute atomic E-state index is 12.7. The first-order valence-corrected chi connectivity index (χ1v) is 9.85. The smallest absolute Gasteiger partial charge is 0.289 e. The zero-order valence-corrected chi connectivity index (χ0v) is 16.3. The number of aromatic amines is 1. The average Bonchev–Trinajstić information content (AvgIpc) is 3.39. The molecule has 0 bridgehead atoms. The van der Waals surface area contributed by atoms with Gasteiger partial charge in [-0.3, -0.25) is 9.69 Å². The molecule has 3 aromatic rings. The molecule has 1 N–H and O–H groups in total. The average molecular weight is 379 g/mol. The standard InChI is InChI=1S/C22H25N3O3/c1-24-10-7-16-17-14-15(27-2)5-6-18(17)23-20(16)22(24)8-11-25(12-9-22)21(26)19-4-3-13-28-19/h3-6,13-14,23H,7-12H2,1-2H3. The molecule has 0 radical (unpaired) electrons. The molecule has 1 amide bonds. The molecule has 2 aliphatic rings. The Balaban J connectivity index is 1.48. The van der Waals surface area contributed by atoms with E-state index in [1.807, 2.05) is 11.0 Å². The van der Waals surface area contributed by atoms with Crippen LogP contribution in [0.15, 0.2) is 41.0 Å². The van der Waals surface area contributed by atoms with Crippen molar-refractivity contribution >= 4 is 16.8 Å². The molecule has 1 saturated heterocycles. The molecule has 1 aromatic carbocycles. The fraction of sp³-hybridized carbons (Fsp3) is 0.409. The predicted octanol–water partition coefficient (Wildman–Crippen LogP) is 3.39. The van der Waals surface area contributed by atoms with Gasteiger partial charge in [0.05, 0.1) is 18.9 Å². The number of carbonyl (C=O) groups is 1. The third-order valence-electron chi connectivity index (χ3n) is 6.62. The molecule has 4 heterocycles. The van der Waals surface area contributed by atoms with Crippen LogP contribution in [0.1, 0.15) is 34.7 Å². The number of hydrogen-bond acceptors (Lipinski definition) is 4. The van der Waals surface area contributed by atoms with Gasteiger partial charge >= 0.3 is 0 Å². The highest BCUT2D eigenvalue weighted by molar-refractivity contribution is 5.91. The van der Waals surface area contributed by atoms with Crippen molar-refractivity contribution in [3.05, 3.63) is 53.6 Å². The number of H-pyrrole nitrogens is 1. The Bertz CT molecular complexity index is 1010. The Labute approximate surface area is 164 Å². The molecule has 6 heteroatoms. The van der Waals surface area contributed by atoms with E-state index in [9.17, 15) is 4.79 Å². The Morgan fingerprint density at radius 3 is 2.75 bits per heavy atom. The minimum atomic E-state index is -0.0558. The van der Waals surface area contributed by atoms with E-state index in [-0.39, 0.29) is 11.4 Å². The molecule has 146 valence electrons. The van der Waals surface area contributed by atoms with Crippen LogP contribution in [0, 0.1) is 0 Å². The molecule has 0 aliphatic carbocycles. The van der Waals surface area contributed by atoms with E-state index in [0.29, 0.717) is 5.76 Å². The highest BCUT2D eigenvalue weighted by atomic mass is 16.5. The minimum Gasteiger partial charge on any atom is -0.497 e. The van der Waals surface area contributed by atoms with Crippen molar-refractivity contribution in [1.29, 1.82) is 0 Å². The van der Waals surface area contributed by atoms with Gasteiger partial charge < -0.3 is 19.0 Å². The topological polar surface area (TPSA) is 61.7 Å². The van der Waals surface area contributed by atoms with Crippen molar-refractivity contribution in [3.63, 3.8) is 0 Å². The van der Waals surface area contributed by atoms with Gasteiger partial charge in [0.1, 0.15) is 5.75 Å². The molecule has 2 aliphatic heterocycles. The summed E-state index contributed by atoms with van der Waals surface area (Å²) in [4.78, 5) is 20.8. The van der Waals surface area contributed by atoms with Crippen LogP contribution >= 0.6 is 0 Å². The van der Waals surface area contributed by atoms with Crippen LogP contribution in [-0.4, -0.2) is 54.5 Å². The second-order valence-electron chi connectivity index (χ2n) is 7.86. The van der Waals surface area contributed by atoms with E-state index in [0.717, 1.165) is 50.2 Å². The van der Waals surface area contributed by atoms with E-state index < -0.39 is 0 Å². The minimum absolute atomic E-state index is 0.0140. The monoisotopic (exact) mass is 379 g/mol. The molecule has 0 unspecified atom stereocenters. The molecular formula is C22H25N3O3. The van der Waals surface area contributed by atoms with Crippen molar-refractivity contribution in [2.24, 2.45) is 0 Å². The fourth-order valence-corrected chi connectivity index (χ4v) is 4.96. The highest BCUT2D eigenvalue weighted by Crippen LogP contribution is 2.45. The number of carbonyl (C=O) groups excluding carboxylic acids is 1. The number of fused-ring (bicyclic) bond motifs is 4. The summed E-state index contributed by atoms with van der Waals surface area (Å²) in [5, 5.41) is 1.26. The Kier molecular flexibility index (Phi) is 3.98. The molecule has 2 aromatic heterocycles. The number of nitrogens with zero attached hydrogens (tertiary/aromatic N) is 2. The van der Waals surface area contributed by atoms with Gasteiger partial charge in [0, 0.05) is 36.2 Å². The van der Waals surface area contributed by atoms with Crippen LogP contribution < -0.4 is 4.74 Å². The zero-order chi connectivity index (χ0) is 19.3. The Hall–Kier alpha value is -2.73. The van der Waals surface area contributed by atoms with Gasteiger partial charge in [-0.25, -0.2) is 0 Å². The number of nitrogens with one attached hydrogen (secondary N) is 1. The van der Waals surface area contributed by atoms with Crippen LogP contribution in [-0.2, 0) is 12.0 Å². The maximum Gasteiger partial charge on any atom is 0.289 e.